The maximum Gasteiger partial charge on any atom is 0.356 e. The van der Waals surface area contributed by atoms with E-state index in [1.807, 2.05) is 27.8 Å². The summed E-state index contributed by atoms with van der Waals surface area (Å²) < 4.78 is 3.20. The van der Waals surface area contributed by atoms with Gasteiger partial charge >= 0.3 is 5.97 Å². The number of rotatable bonds is 5. The Morgan fingerprint density at radius 1 is 1.15 bits per heavy atom. The van der Waals surface area contributed by atoms with Crippen LogP contribution in [0.3, 0.4) is 0 Å². The van der Waals surface area contributed by atoms with E-state index in [1.165, 1.54) is 10.7 Å². The first kappa shape index (κ1) is 18.4. The molecule has 1 unspecified atom stereocenters. The highest BCUT2D eigenvalue weighted by Crippen LogP contribution is 2.26. The van der Waals surface area contributed by atoms with Crippen LogP contribution in [-0.2, 0) is 11.8 Å². The number of para-hydroxylation sites is 2. The number of carbonyl (C=O) groups is 2. The molecule has 0 spiro atoms. The maximum atomic E-state index is 12.9. The minimum atomic E-state index is -1.11. The van der Waals surface area contributed by atoms with E-state index in [0.29, 0.717) is 11.4 Å². The molecule has 0 fully saturated rings. The molecule has 27 heavy (non-hydrogen) atoms. The van der Waals surface area contributed by atoms with Crippen molar-refractivity contribution in [2.45, 2.75) is 26.7 Å². The van der Waals surface area contributed by atoms with Crippen molar-refractivity contribution in [1.82, 2.24) is 19.6 Å². The summed E-state index contributed by atoms with van der Waals surface area (Å²) in [5, 5.41) is 20.4. The molecule has 3 rings (SSSR count). The Balaban J connectivity index is 1.89. The number of aromatic carboxylic acids is 1. The van der Waals surface area contributed by atoms with Gasteiger partial charge in [-0.2, -0.15) is 10.2 Å². The number of benzene rings is 1. The molecule has 8 heteroatoms. The normalized spacial score (nSPS) is 12.0. The number of carbonyl (C=O) groups excluding carboxylic acids is 1. The molecule has 0 aliphatic rings. The van der Waals surface area contributed by atoms with Crippen LogP contribution in [0.25, 0.3) is 5.69 Å². The van der Waals surface area contributed by atoms with Crippen LogP contribution in [0, 0.1) is 13.8 Å². The lowest BCUT2D eigenvalue weighted by molar-refractivity contribution is -0.117. The number of nitrogens with one attached hydrogen (secondary N) is 1. The first-order valence-corrected chi connectivity index (χ1v) is 8.49. The minimum absolute atomic E-state index is 0.0638. The molecule has 0 saturated carbocycles. The van der Waals surface area contributed by atoms with Gasteiger partial charge in [0.1, 0.15) is 0 Å². The van der Waals surface area contributed by atoms with Crippen LogP contribution in [0.2, 0.25) is 0 Å². The summed E-state index contributed by atoms with van der Waals surface area (Å²) in [5.41, 5.74) is 3.75. The van der Waals surface area contributed by atoms with Crippen molar-refractivity contribution in [3.63, 3.8) is 0 Å². The topological polar surface area (TPSA) is 102 Å². The fourth-order valence-electron chi connectivity index (χ4n) is 3.14. The van der Waals surface area contributed by atoms with Gasteiger partial charge in [-0.25, -0.2) is 9.48 Å². The molecule has 2 N–H and O–H groups in total. The van der Waals surface area contributed by atoms with Crippen molar-refractivity contribution < 1.29 is 14.7 Å². The van der Waals surface area contributed by atoms with E-state index in [4.69, 9.17) is 5.11 Å². The zero-order valence-corrected chi connectivity index (χ0v) is 15.6. The summed E-state index contributed by atoms with van der Waals surface area (Å²) in [7, 11) is 1.85. The summed E-state index contributed by atoms with van der Waals surface area (Å²) in [6.07, 6.45) is 1.55. The number of carboxylic acid groups (broad SMARTS) is 1. The van der Waals surface area contributed by atoms with Crippen LogP contribution in [-0.4, -0.2) is 36.5 Å². The van der Waals surface area contributed by atoms with Gasteiger partial charge in [-0.3, -0.25) is 9.48 Å². The number of amides is 1. The molecule has 140 valence electrons. The monoisotopic (exact) mass is 367 g/mol. The van der Waals surface area contributed by atoms with Gasteiger partial charge in [0.25, 0.3) is 0 Å². The fraction of sp³-hybridized carbons (Fsp3) is 0.263. The lowest BCUT2D eigenvalue weighted by atomic mass is 9.98. The maximum absolute atomic E-state index is 12.9. The van der Waals surface area contributed by atoms with Gasteiger partial charge in [0, 0.05) is 24.5 Å². The van der Waals surface area contributed by atoms with Crippen LogP contribution >= 0.6 is 0 Å². The molecule has 3 aromatic rings. The summed E-state index contributed by atoms with van der Waals surface area (Å²) in [6, 6.07) is 8.52. The number of hydrogen-bond donors (Lipinski definition) is 2. The van der Waals surface area contributed by atoms with Crippen LogP contribution in [0.1, 0.15) is 40.3 Å². The quantitative estimate of drug-likeness (QED) is 0.722. The second kappa shape index (κ2) is 7.06. The van der Waals surface area contributed by atoms with Gasteiger partial charge in [-0.1, -0.05) is 12.1 Å². The van der Waals surface area contributed by atoms with Crippen LogP contribution < -0.4 is 5.32 Å². The van der Waals surface area contributed by atoms with E-state index >= 15 is 0 Å². The third-order valence-electron chi connectivity index (χ3n) is 4.61. The smallest absolute Gasteiger partial charge is 0.356 e. The number of aromatic nitrogens is 4. The first-order chi connectivity index (χ1) is 12.8. The second-order valence-electron chi connectivity index (χ2n) is 6.39. The predicted octanol–water partition coefficient (Wildman–Crippen LogP) is 2.66. The molecule has 1 amide bonds. The van der Waals surface area contributed by atoms with Crippen molar-refractivity contribution in [3.05, 3.63) is 59.2 Å². The minimum Gasteiger partial charge on any atom is -0.476 e. The molecule has 2 aromatic heterocycles. The standard InChI is InChI=1S/C19H21N5O3/c1-11(17-12(2)21-23(4)13(17)3)18(25)20-14-7-5-6-8-16(14)24-10-9-15(22-24)19(26)27/h5-11H,1-4H3,(H,20,25)(H,26,27). The lowest BCUT2D eigenvalue weighted by Crippen LogP contribution is -2.21. The van der Waals surface area contributed by atoms with E-state index in [2.05, 4.69) is 15.5 Å². The Bertz CT molecular complexity index is 1020. The molecule has 8 nitrogen and oxygen atoms in total. The molecular formula is C19H21N5O3. The largest absolute Gasteiger partial charge is 0.476 e. The molecular weight excluding hydrogens is 346 g/mol. The highest BCUT2D eigenvalue weighted by molar-refractivity contribution is 5.97. The highest BCUT2D eigenvalue weighted by Gasteiger charge is 2.23. The van der Waals surface area contributed by atoms with Crippen LogP contribution in [0.4, 0.5) is 5.69 Å². The Morgan fingerprint density at radius 2 is 1.85 bits per heavy atom. The second-order valence-corrected chi connectivity index (χ2v) is 6.39. The zero-order valence-electron chi connectivity index (χ0n) is 15.6. The van der Waals surface area contributed by atoms with Gasteiger partial charge < -0.3 is 10.4 Å². The average molecular weight is 367 g/mol. The van der Waals surface area contributed by atoms with Crippen LogP contribution in [0.15, 0.2) is 36.5 Å². The Morgan fingerprint density at radius 3 is 2.44 bits per heavy atom. The predicted molar refractivity (Wildman–Crippen MR) is 100 cm³/mol. The molecule has 0 radical (unpaired) electrons. The summed E-state index contributed by atoms with van der Waals surface area (Å²) >= 11 is 0. The van der Waals surface area contributed by atoms with Crippen LogP contribution in [0.5, 0.6) is 0 Å². The van der Waals surface area contributed by atoms with Crippen molar-refractivity contribution >= 4 is 17.6 Å². The molecule has 0 aliphatic carbocycles. The zero-order chi connectivity index (χ0) is 19.7. The van der Waals surface area contributed by atoms with E-state index in [9.17, 15) is 9.59 Å². The summed E-state index contributed by atoms with van der Waals surface area (Å²) in [6.45, 7) is 5.66. The molecule has 1 aromatic carbocycles. The lowest BCUT2D eigenvalue weighted by Gasteiger charge is -2.15. The third-order valence-corrected chi connectivity index (χ3v) is 4.61. The van der Waals surface area contributed by atoms with Gasteiger partial charge in [0.15, 0.2) is 5.69 Å². The molecule has 0 bridgehead atoms. The number of aryl methyl sites for hydroxylation is 2. The SMILES string of the molecule is Cc1nn(C)c(C)c1C(C)C(=O)Nc1ccccc1-n1ccc(C(=O)O)n1. The fourth-order valence-corrected chi connectivity index (χ4v) is 3.14. The molecule has 1 atom stereocenters. The molecule has 0 aliphatic heterocycles. The number of carboxylic acids is 1. The van der Waals surface area contributed by atoms with Crippen molar-refractivity contribution in [2.75, 3.05) is 5.32 Å². The Hall–Kier alpha value is -3.42. The van der Waals surface area contributed by atoms with Crippen molar-refractivity contribution in [3.8, 4) is 5.69 Å². The van der Waals surface area contributed by atoms with Gasteiger partial charge in [-0.15, -0.1) is 0 Å². The molecule has 0 saturated heterocycles. The van der Waals surface area contributed by atoms with Gasteiger partial charge in [0.2, 0.25) is 5.91 Å². The van der Waals surface area contributed by atoms with Gasteiger partial charge in [0.05, 0.1) is 23.0 Å². The van der Waals surface area contributed by atoms with Crippen molar-refractivity contribution in [2.24, 2.45) is 7.05 Å². The summed E-state index contributed by atoms with van der Waals surface area (Å²) in [4.78, 5) is 23.9. The van der Waals surface area contributed by atoms with E-state index < -0.39 is 5.97 Å². The summed E-state index contributed by atoms with van der Waals surface area (Å²) in [5.74, 6) is -1.67. The third kappa shape index (κ3) is 3.46. The van der Waals surface area contributed by atoms with E-state index in [0.717, 1.165) is 17.0 Å². The molecule has 2 heterocycles. The highest BCUT2D eigenvalue weighted by atomic mass is 16.4. The van der Waals surface area contributed by atoms with E-state index in [-0.39, 0.29) is 17.5 Å². The van der Waals surface area contributed by atoms with E-state index in [1.54, 1.807) is 35.1 Å². The average Bonchev–Trinajstić information content (AvgIpc) is 3.20. The van der Waals surface area contributed by atoms with Gasteiger partial charge in [-0.05, 0) is 39.0 Å². The first-order valence-electron chi connectivity index (χ1n) is 8.49. The number of anilines is 1. The Kier molecular flexibility index (Phi) is 4.81. The Labute approximate surface area is 156 Å². The van der Waals surface area contributed by atoms with Crippen molar-refractivity contribution in [1.29, 1.82) is 0 Å². The number of hydrogen-bond acceptors (Lipinski definition) is 4. The number of nitrogens with zero attached hydrogens (tertiary/aromatic N) is 4.